The number of hydrogen-bond acceptors (Lipinski definition) is 1. The smallest absolute Gasteiger partial charge is 0.129 e. The second-order valence-corrected chi connectivity index (χ2v) is 3.66. The van der Waals surface area contributed by atoms with Gasteiger partial charge in [-0.25, -0.2) is 4.98 Å². The number of pyridine rings is 1. The normalized spacial score (nSPS) is 10.4. The Morgan fingerprint density at radius 2 is 2.21 bits per heavy atom. The van der Waals surface area contributed by atoms with Crippen LogP contribution in [0.5, 0.6) is 0 Å². The van der Waals surface area contributed by atoms with E-state index in [9.17, 15) is 0 Å². The van der Waals surface area contributed by atoms with Gasteiger partial charge in [0.25, 0.3) is 0 Å². The lowest BCUT2D eigenvalue weighted by Gasteiger charge is -2.03. The molecule has 0 saturated carbocycles. The van der Waals surface area contributed by atoms with E-state index >= 15 is 0 Å². The summed E-state index contributed by atoms with van der Waals surface area (Å²) < 4.78 is 0. The molecule has 0 atom stereocenters. The summed E-state index contributed by atoms with van der Waals surface area (Å²) in [5, 5.41) is 0.556. The molecule has 0 unspecified atom stereocenters. The number of rotatable bonds is 2. The van der Waals surface area contributed by atoms with Gasteiger partial charge in [-0.1, -0.05) is 17.7 Å². The summed E-state index contributed by atoms with van der Waals surface area (Å²) in [4.78, 5) is 7.24. The fraction of sp³-hybridized carbons (Fsp3) is 0.182. The van der Waals surface area contributed by atoms with Crippen molar-refractivity contribution in [1.29, 1.82) is 0 Å². The number of aromatic amines is 1. The first-order chi connectivity index (χ1) is 6.75. The van der Waals surface area contributed by atoms with Crippen molar-refractivity contribution in [3.05, 3.63) is 52.6 Å². The number of aromatic nitrogens is 2. The van der Waals surface area contributed by atoms with Crippen molar-refractivity contribution in [2.45, 2.75) is 13.3 Å². The molecule has 14 heavy (non-hydrogen) atoms. The van der Waals surface area contributed by atoms with Crippen LogP contribution in [0.15, 0.2) is 30.6 Å². The van der Waals surface area contributed by atoms with Gasteiger partial charge in [0.15, 0.2) is 0 Å². The molecule has 2 nitrogen and oxygen atoms in total. The maximum atomic E-state index is 5.78. The van der Waals surface area contributed by atoms with E-state index in [1.807, 2.05) is 31.5 Å². The Morgan fingerprint density at radius 3 is 2.86 bits per heavy atom. The van der Waals surface area contributed by atoms with Crippen LogP contribution in [0.3, 0.4) is 0 Å². The summed E-state index contributed by atoms with van der Waals surface area (Å²) in [6.45, 7) is 1.98. The molecule has 0 bridgehead atoms. The lowest BCUT2D eigenvalue weighted by Crippen LogP contribution is -1.93. The molecule has 0 amide bonds. The molecule has 0 aliphatic carbocycles. The zero-order valence-electron chi connectivity index (χ0n) is 7.92. The molecule has 0 radical (unpaired) electrons. The van der Waals surface area contributed by atoms with Gasteiger partial charge in [-0.15, -0.1) is 0 Å². The van der Waals surface area contributed by atoms with Gasteiger partial charge in [0.2, 0.25) is 0 Å². The van der Waals surface area contributed by atoms with Crippen LogP contribution in [-0.2, 0) is 6.42 Å². The van der Waals surface area contributed by atoms with Crippen molar-refractivity contribution in [3.63, 3.8) is 0 Å². The SMILES string of the molecule is Cc1nc(Cl)ccc1Cc1cc[nH]c1. The summed E-state index contributed by atoms with van der Waals surface area (Å²) in [6, 6.07) is 5.92. The molecular weight excluding hydrogens is 196 g/mol. The van der Waals surface area contributed by atoms with Crippen molar-refractivity contribution < 1.29 is 0 Å². The highest BCUT2D eigenvalue weighted by Gasteiger charge is 2.02. The largest absolute Gasteiger partial charge is 0.367 e. The molecule has 2 rings (SSSR count). The topological polar surface area (TPSA) is 28.7 Å². The van der Waals surface area contributed by atoms with Crippen molar-refractivity contribution in [2.24, 2.45) is 0 Å². The molecule has 1 N–H and O–H groups in total. The fourth-order valence-electron chi connectivity index (χ4n) is 1.43. The van der Waals surface area contributed by atoms with Crippen LogP contribution in [0.4, 0.5) is 0 Å². The highest BCUT2D eigenvalue weighted by atomic mass is 35.5. The molecule has 2 heterocycles. The molecule has 0 aliphatic heterocycles. The van der Waals surface area contributed by atoms with E-state index in [1.54, 1.807) is 0 Å². The van der Waals surface area contributed by atoms with Gasteiger partial charge >= 0.3 is 0 Å². The molecule has 0 aromatic carbocycles. The second-order valence-electron chi connectivity index (χ2n) is 3.27. The third kappa shape index (κ3) is 1.96. The highest BCUT2D eigenvalue weighted by molar-refractivity contribution is 6.29. The zero-order chi connectivity index (χ0) is 9.97. The summed E-state index contributed by atoms with van der Waals surface area (Å²) in [6.07, 6.45) is 4.82. The number of aryl methyl sites for hydroxylation is 1. The summed E-state index contributed by atoms with van der Waals surface area (Å²) in [7, 11) is 0. The van der Waals surface area contributed by atoms with Crippen molar-refractivity contribution in [1.82, 2.24) is 9.97 Å². The lowest BCUT2D eigenvalue weighted by molar-refractivity contribution is 1.08. The third-order valence-electron chi connectivity index (χ3n) is 2.22. The Labute approximate surface area is 88.0 Å². The lowest BCUT2D eigenvalue weighted by atomic mass is 10.1. The van der Waals surface area contributed by atoms with Gasteiger partial charge in [-0.3, -0.25) is 0 Å². The van der Waals surface area contributed by atoms with E-state index in [0.717, 1.165) is 12.1 Å². The van der Waals surface area contributed by atoms with E-state index in [-0.39, 0.29) is 0 Å². The molecule has 0 saturated heterocycles. The van der Waals surface area contributed by atoms with Crippen molar-refractivity contribution in [3.8, 4) is 0 Å². The Hall–Kier alpha value is -1.28. The van der Waals surface area contributed by atoms with Gasteiger partial charge in [-0.05, 0) is 30.2 Å². The number of H-pyrrole nitrogens is 1. The predicted octanol–water partition coefficient (Wildman–Crippen LogP) is 2.96. The Kier molecular flexibility index (Phi) is 2.55. The van der Waals surface area contributed by atoms with Gasteiger partial charge in [0, 0.05) is 24.5 Å². The average molecular weight is 207 g/mol. The first-order valence-corrected chi connectivity index (χ1v) is 4.87. The van der Waals surface area contributed by atoms with Crippen LogP contribution in [0.2, 0.25) is 5.15 Å². The van der Waals surface area contributed by atoms with E-state index in [0.29, 0.717) is 5.15 Å². The Balaban J connectivity index is 2.25. The van der Waals surface area contributed by atoms with Gasteiger partial charge in [-0.2, -0.15) is 0 Å². The van der Waals surface area contributed by atoms with Crippen LogP contribution in [0.1, 0.15) is 16.8 Å². The van der Waals surface area contributed by atoms with Gasteiger partial charge < -0.3 is 4.98 Å². The number of nitrogens with zero attached hydrogens (tertiary/aromatic N) is 1. The first kappa shape index (κ1) is 9.28. The predicted molar refractivity (Wildman–Crippen MR) is 57.6 cm³/mol. The number of nitrogens with one attached hydrogen (secondary N) is 1. The maximum absolute atomic E-state index is 5.78. The number of hydrogen-bond donors (Lipinski definition) is 1. The second kappa shape index (κ2) is 3.84. The van der Waals surface area contributed by atoms with Crippen LogP contribution in [-0.4, -0.2) is 9.97 Å². The van der Waals surface area contributed by atoms with E-state index in [1.165, 1.54) is 11.1 Å². The number of halogens is 1. The van der Waals surface area contributed by atoms with Crippen LogP contribution < -0.4 is 0 Å². The monoisotopic (exact) mass is 206 g/mol. The quantitative estimate of drug-likeness (QED) is 0.752. The first-order valence-electron chi connectivity index (χ1n) is 4.49. The van der Waals surface area contributed by atoms with Crippen LogP contribution in [0.25, 0.3) is 0 Å². The van der Waals surface area contributed by atoms with Crippen molar-refractivity contribution in [2.75, 3.05) is 0 Å². The van der Waals surface area contributed by atoms with Gasteiger partial charge in [0.1, 0.15) is 5.15 Å². The highest BCUT2D eigenvalue weighted by Crippen LogP contribution is 2.14. The van der Waals surface area contributed by atoms with E-state index < -0.39 is 0 Å². The van der Waals surface area contributed by atoms with Crippen LogP contribution >= 0.6 is 11.6 Å². The minimum Gasteiger partial charge on any atom is -0.367 e. The van der Waals surface area contributed by atoms with E-state index in [2.05, 4.69) is 16.0 Å². The zero-order valence-corrected chi connectivity index (χ0v) is 8.67. The molecule has 0 spiro atoms. The van der Waals surface area contributed by atoms with Crippen molar-refractivity contribution >= 4 is 11.6 Å². The third-order valence-corrected chi connectivity index (χ3v) is 2.43. The molecule has 0 aliphatic rings. The minimum absolute atomic E-state index is 0.556. The standard InChI is InChI=1S/C11H11ClN2/c1-8-10(2-3-11(12)14-8)6-9-4-5-13-7-9/h2-5,7,13H,6H2,1H3. The fourth-order valence-corrected chi connectivity index (χ4v) is 1.62. The maximum Gasteiger partial charge on any atom is 0.129 e. The van der Waals surface area contributed by atoms with Crippen LogP contribution in [0, 0.1) is 6.92 Å². The average Bonchev–Trinajstić information content (AvgIpc) is 2.62. The molecule has 2 aromatic heterocycles. The summed E-state index contributed by atoms with van der Waals surface area (Å²) in [5.74, 6) is 0. The van der Waals surface area contributed by atoms with Gasteiger partial charge in [0.05, 0.1) is 0 Å². The molecule has 2 aromatic rings. The van der Waals surface area contributed by atoms with E-state index in [4.69, 9.17) is 11.6 Å². The Bertz CT molecular complexity index is 421. The Morgan fingerprint density at radius 1 is 1.36 bits per heavy atom. The minimum atomic E-state index is 0.556. The molecule has 72 valence electrons. The summed E-state index contributed by atoms with van der Waals surface area (Å²) >= 11 is 5.78. The molecule has 3 heteroatoms. The molecule has 0 fully saturated rings. The molecular formula is C11H11ClN2. The summed E-state index contributed by atoms with van der Waals surface area (Å²) in [5.41, 5.74) is 3.48.